The highest BCUT2D eigenvalue weighted by atomic mass is 15.2. The Morgan fingerprint density at radius 2 is 1.68 bits per heavy atom. The van der Waals surface area contributed by atoms with Gasteiger partial charge >= 0.3 is 0 Å². The standard InChI is InChI=1S/C20H32N2/c1-5-12-19(22(16-7-3)17-8-4)20(21,15-6-2)18-13-10-9-11-14-18/h7-11,13-14,19H,3-6,12,15-17,21H2,1-2H3. The number of rotatable bonds is 11. The van der Waals surface area contributed by atoms with E-state index in [0.717, 1.165) is 38.8 Å². The number of nitrogens with two attached hydrogens (primary N) is 1. The van der Waals surface area contributed by atoms with Crippen LogP contribution in [-0.2, 0) is 5.54 Å². The fraction of sp³-hybridized carbons (Fsp3) is 0.500. The van der Waals surface area contributed by atoms with Crippen LogP contribution in [0.5, 0.6) is 0 Å². The molecule has 1 aromatic carbocycles. The Morgan fingerprint density at radius 1 is 1.09 bits per heavy atom. The van der Waals surface area contributed by atoms with Gasteiger partial charge in [-0.05, 0) is 18.4 Å². The molecule has 2 atom stereocenters. The van der Waals surface area contributed by atoms with E-state index >= 15 is 0 Å². The molecule has 0 heterocycles. The lowest BCUT2D eigenvalue weighted by Crippen LogP contribution is -2.56. The molecule has 122 valence electrons. The minimum absolute atomic E-state index is 0.288. The molecule has 0 aromatic heterocycles. The molecule has 22 heavy (non-hydrogen) atoms. The van der Waals surface area contributed by atoms with Crippen LogP contribution in [0.2, 0.25) is 0 Å². The second kappa shape index (κ2) is 9.60. The SMILES string of the molecule is C=CCN(CC=C)C(CCC)C(N)(CCC)c1ccccc1. The maximum absolute atomic E-state index is 7.01. The first-order chi connectivity index (χ1) is 10.6. The summed E-state index contributed by atoms with van der Waals surface area (Å²) in [7, 11) is 0. The van der Waals surface area contributed by atoms with Crippen molar-refractivity contribution in [3.05, 3.63) is 61.2 Å². The molecule has 0 radical (unpaired) electrons. The lowest BCUT2D eigenvalue weighted by Gasteiger charge is -2.44. The number of hydrogen-bond donors (Lipinski definition) is 1. The van der Waals surface area contributed by atoms with Gasteiger partial charge in [-0.3, -0.25) is 4.90 Å². The van der Waals surface area contributed by atoms with Crippen LogP contribution in [0.15, 0.2) is 55.6 Å². The first-order valence-electron chi connectivity index (χ1n) is 8.44. The summed E-state index contributed by atoms with van der Waals surface area (Å²) < 4.78 is 0. The third-order valence-corrected chi connectivity index (χ3v) is 4.30. The monoisotopic (exact) mass is 300 g/mol. The van der Waals surface area contributed by atoms with Gasteiger partial charge in [0.15, 0.2) is 0 Å². The maximum Gasteiger partial charge on any atom is 0.0567 e. The van der Waals surface area contributed by atoms with Crippen molar-refractivity contribution in [3.63, 3.8) is 0 Å². The van der Waals surface area contributed by atoms with E-state index in [-0.39, 0.29) is 11.6 Å². The summed E-state index contributed by atoms with van der Waals surface area (Å²) >= 11 is 0. The average molecular weight is 300 g/mol. The van der Waals surface area contributed by atoms with Gasteiger partial charge in [-0.25, -0.2) is 0 Å². The fourth-order valence-corrected chi connectivity index (χ4v) is 3.37. The highest BCUT2D eigenvalue weighted by Crippen LogP contribution is 2.33. The normalized spacial score (nSPS) is 15.3. The van der Waals surface area contributed by atoms with Gasteiger partial charge in [-0.15, -0.1) is 13.2 Å². The van der Waals surface area contributed by atoms with Crippen molar-refractivity contribution < 1.29 is 0 Å². The maximum atomic E-state index is 7.01. The highest BCUT2D eigenvalue weighted by molar-refractivity contribution is 5.26. The van der Waals surface area contributed by atoms with E-state index in [1.807, 2.05) is 12.2 Å². The second-order valence-electron chi connectivity index (χ2n) is 5.99. The molecule has 0 aliphatic rings. The van der Waals surface area contributed by atoms with Crippen molar-refractivity contribution in [1.82, 2.24) is 4.90 Å². The summed E-state index contributed by atoms with van der Waals surface area (Å²) in [6.45, 7) is 13.9. The minimum Gasteiger partial charge on any atom is -0.320 e. The number of hydrogen-bond acceptors (Lipinski definition) is 2. The van der Waals surface area contributed by atoms with E-state index in [1.165, 1.54) is 5.56 Å². The quantitative estimate of drug-likeness (QED) is 0.610. The van der Waals surface area contributed by atoms with Gasteiger partial charge in [-0.2, -0.15) is 0 Å². The summed E-state index contributed by atoms with van der Waals surface area (Å²) in [5, 5.41) is 0. The third kappa shape index (κ3) is 4.56. The minimum atomic E-state index is -0.335. The Morgan fingerprint density at radius 3 is 2.14 bits per heavy atom. The Hall–Kier alpha value is -1.38. The molecule has 2 heteroatoms. The summed E-state index contributed by atoms with van der Waals surface area (Å²) in [5.74, 6) is 0. The predicted octanol–water partition coefficient (Wildman–Crippen LogP) is 4.48. The van der Waals surface area contributed by atoms with Crippen molar-refractivity contribution in [2.45, 2.75) is 51.1 Å². The molecule has 0 amide bonds. The molecule has 2 N–H and O–H groups in total. The topological polar surface area (TPSA) is 29.3 Å². The molecule has 1 aromatic rings. The van der Waals surface area contributed by atoms with Gasteiger partial charge in [-0.1, -0.05) is 69.2 Å². The average Bonchev–Trinajstić information content (AvgIpc) is 2.53. The van der Waals surface area contributed by atoms with E-state index < -0.39 is 0 Å². The molecule has 0 aliphatic heterocycles. The molecule has 1 rings (SSSR count). The summed E-state index contributed by atoms with van der Waals surface area (Å²) in [6.07, 6.45) is 8.17. The molecular formula is C20H32N2. The van der Waals surface area contributed by atoms with Crippen LogP contribution in [0.1, 0.15) is 45.1 Å². The highest BCUT2D eigenvalue weighted by Gasteiger charge is 2.38. The van der Waals surface area contributed by atoms with Crippen LogP contribution in [0, 0.1) is 0 Å². The number of nitrogens with zero attached hydrogens (tertiary/aromatic N) is 1. The molecule has 0 saturated heterocycles. The van der Waals surface area contributed by atoms with Gasteiger partial charge in [0.05, 0.1) is 5.54 Å². The van der Waals surface area contributed by atoms with Crippen molar-refractivity contribution in [1.29, 1.82) is 0 Å². The van der Waals surface area contributed by atoms with E-state index in [1.54, 1.807) is 0 Å². The molecular weight excluding hydrogens is 268 g/mol. The van der Waals surface area contributed by atoms with Crippen LogP contribution in [0.4, 0.5) is 0 Å². The zero-order valence-corrected chi connectivity index (χ0v) is 14.3. The van der Waals surface area contributed by atoms with Crippen molar-refractivity contribution in [2.75, 3.05) is 13.1 Å². The van der Waals surface area contributed by atoms with Gasteiger partial charge in [0, 0.05) is 19.1 Å². The molecule has 2 nitrogen and oxygen atoms in total. The van der Waals surface area contributed by atoms with Crippen LogP contribution in [0.3, 0.4) is 0 Å². The van der Waals surface area contributed by atoms with Gasteiger partial charge in [0.25, 0.3) is 0 Å². The molecule has 0 aliphatic carbocycles. The molecule has 0 fully saturated rings. The Labute approximate surface area is 136 Å². The van der Waals surface area contributed by atoms with E-state index in [2.05, 4.69) is 62.2 Å². The largest absolute Gasteiger partial charge is 0.320 e. The van der Waals surface area contributed by atoms with Crippen LogP contribution >= 0.6 is 0 Å². The Kier molecular flexibility index (Phi) is 8.15. The summed E-state index contributed by atoms with van der Waals surface area (Å²) in [4.78, 5) is 2.41. The lowest BCUT2D eigenvalue weighted by atomic mass is 9.77. The van der Waals surface area contributed by atoms with E-state index in [4.69, 9.17) is 5.73 Å². The lowest BCUT2D eigenvalue weighted by molar-refractivity contribution is 0.125. The summed E-state index contributed by atoms with van der Waals surface area (Å²) in [6, 6.07) is 10.8. The molecule has 2 unspecified atom stereocenters. The van der Waals surface area contributed by atoms with E-state index in [0.29, 0.717) is 0 Å². The third-order valence-electron chi connectivity index (χ3n) is 4.30. The Balaban J connectivity index is 3.24. The molecule has 0 bridgehead atoms. The molecule has 0 spiro atoms. The van der Waals surface area contributed by atoms with Crippen molar-refractivity contribution in [2.24, 2.45) is 5.73 Å². The van der Waals surface area contributed by atoms with Crippen molar-refractivity contribution in [3.8, 4) is 0 Å². The first-order valence-corrected chi connectivity index (χ1v) is 8.44. The van der Waals surface area contributed by atoms with Gasteiger partial charge in [0.2, 0.25) is 0 Å². The Bertz CT molecular complexity index is 430. The second-order valence-corrected chi connectivity index (χ2v) is 5.99. The summed E-state index contributed by atoms with van der Waals surface area (Å²) in [5.41, 5.74) is 7.91. The van der Waals surface area contributed by atoms with Gasteiger partial charge in [0.1, 0.15) is 0 Å². The smallest absolute Gasteiger partial charge is 0.0567 e. The van der Waals surface area contributed by atoms with Gasteiger partial charge < -0.3 is 5.73 Å². The van der Waals surface area contributed by atoms with Crippen LogP contribution in [0.25, 0.3) is 0 Å². The van der Waals surface area contributed by atoms with Crippen LogP contribution in [-0.4, -0.2) is 24.0 Å². The number of benzene rings is 1. The van der Waals surface area contributed by atoms with Crippen molar-refractivity contribution >= 4 is 0 Å². The fourth-order valence-electron chi connectivity index (χ4n) is 3.37. The zero-order chi connectivity index (χ0) is 16.4. The van der Waals surface area contributed by atoms with E-state index in [9.17, 15) is 0 Å². The predicted molar refractivity (Wildman–Crippen MR) is 97.9 cm³/mol. The zero-order valence-electron chi connectivity index (χ0n) is 14.3. The van der Waals surface area contributed by atoms with Crippen LogP contribution < -0.4 is 5.73 Å². The molecule has 0 saturated carbocycles. The first kappa shape index (κ1) is 18.7.